The van der Waals surface area contributed by atoms with Crippen molar-refractivity contribution < 1.29 is 9.53 Å². The number of halogens is 2. The highest BCUT2D eigenvalue weighted by Gasteiger charge is 2.08. The highest BCUT2D eigenvalue weighted by atomic mass is 35.5. The summed E-state index contributed by atoms with van der Waals surface area (Å²) in [4.78, 5) is 11.7. The molecule has 0 bridgehead atoms. The van der Waals surface area contributed by atoms with Crippen molar-refractivity contribution in [2.75, 3.05) is 5.73 Å². The minimum absolute atomic E-state index is 0.104. The van der Waals surface area contributed by atoms with Crippen molar-refractivity contribution in [1.82, 2.24) is 0 Å². The summed E-state index contributed by atoms with van der Waals surface area (Å²) in [7, 11) is 0. The van der Waals surface area contributed by atoms with E-state index in [1.807, 2.05) is 0 Å². The van der Waals surface area contributed by atoms with Crippen molar-refractivity contribution in [1.29, 1.82) is 0 Å². The molecule has 2 aromatic carbocycles. The summed E-state index contributed by atoms with van der Waals surface area (Å²) in [5, 5.41) is 0.855. The molecule has 0 aliphatic rings. The lowest BCUT2D eigenvalue weighted by Gasteiger charge is -2.07. The Morgan fingerprint density at radius 1 is 1.10 bits per heavy atom. The van der Waals surface area contributed by atoms with Gasteiger partial charge in [-0.05, 0) is 23.8 Å². The number of anilines is 1. The SMILES string of the molecule is Nc1ccc(CC(=O)OCc2cccc(Cl)c2Cl)cc1. The number of carbonyl (C=O) groups is 1. The zero-order chi connectivity index (χ0) is 14.5. The standard InChI is InChI=1S/C15H13Cl2NO2/c16-13-3-1-2-11(15(13)17)9-20-14(19)8-10-4-6-12(18)7-5-10/h1-7H,8-9,18H2. The normalized spacial score (nSPS) is 10.3. The number of benzene rings is 2. The predicted octanol–water partition coefficient (Wildman–Crippen LogP) is 3.86. The van der Waals surface area contributed by atoms with Gasteiger partial charge in [0.2, 0.25) is 0 Å². The molecule has 2 rings (SSSR count). The third-order valence-corrected chi connectivity index (χ3v) is 3.61. The molecule has 2 N–H and O–H groups in total. The number of rotatable bonds is 4. The van der Waals surface area contributed by atoms with Gasteiger partial charge in [-0.15, -0.1) is 0 Å². The molecule has 0 unspecified atom stereocenters. The van der Waals surface area contributed by atoms with Crippen molar-refractivity contribution in [2.45, 2.75) is 13.0 Å². The van der Waals surface area contributed by atoms with Crippen LogP contribution in [0.25, 0.3) is 0 Å². The van der Waals surface area contributed by atoms with Crippen molar-refractivity contribution >= 4 is 34.9 Å². The van der Waals surface area contributed by atoms with Crippen molar-refractivity contribution in [3.8, 4) is 0 Å². The summed E-state index contributed by atoms with van der Waals surface area (Å²) in [6, 6.07) is 12.3. The molecule has 0 saturated heterocycles. The van der Waals surface area contributed by atoms with Crippen LogP contribution in [0.2, 0.25) is 10.0 Å². The summed E-state index contributed by atoms with van der Waals surface area (Å²) in [6.45, 7) is 0.104. The van der Waals surface area contributed by atoms with Gasteiger partial charge in [-0.2, -0.15) is 0 Å². The van der Waals surface area contributed by atoms with E-state index in [-0.39, 0.29) is 19.0 Å². The number of hydrogen-bond acceptors (Lipinski definition) is 3. The largest absolute Gasteiger partial charge is 0.460 e. The van der Waals surface area contributed by atoms with Crippen LogP contribution >= 0.6 is 23.2 Å². The lowest BCUT2D eigenvalue weighted by Crippen LogP contribution is -2.08. The molecule has 0 aliphatic carbocycles. The van der Waals surface area contributed by atoms with Crippen LogP contribution < -0.4 is 5.73 Å². The van der Waals surface area contributed by atoms with E-state index in [0.717, 1.165) is 5.56 Å². The Hall–Kier alpha value is -1.71. The third kappa shape index (κ3) is 3.89. The number of hydrogen-bond donors (Lipinski definition) is 1. The molecule has 0 radical (unpaired) electrons. The van der Waals surface area contributed by atoms with Crippen LogP contribution in [0.15, 0.2) is 42.5 Å². The lowest BCUT2D eigenvalue weighted by atomic mass is 10.1. The summed E-state index contributed by atoms with van der Waals surface area (Å²) in [6.07, 6.45) is 0.193. The van der Waals surface area contributed by atoms with E-state index in [1.165, 1.54) is 0 Å². The van der Waals surface area contributed by atoms with Crippen LogP contribution in [-0.4, -0.2) is 5.97 Å². The molecule has 0 aromatic heterocycles. The average molecular weight is 310 g/mol. The first-order valence-corrected chi connectivity index (χ1v) is 6.75. The smallest absolute Gasteiger partial charge is 0.310 e. The average Bonchev–Trinajstić information content (AvgIpc) is 2.43. The molecule has 0 fully saturated rings. The molecule has 2 aromatic rings. The molecule has 0 saturated carbocycles. The monoisotopic (exact) mass is 309 g/mol. The summed E-state index contributed by atoms with van der Waals surface area (Å²) in [5.74, 6) is -0.328. The van der Waals surface area contributed by atoms with E-state index >= 15 is 0 Å². The van der Waals surface area contributed by atoms with Gasteiger partial charge in [-0.25, -0.2) is 0 Å². The second-order valence-corrected chi connectivity index (χ2v) is 5.08. The van der Waals surface area contributed by atoms with Crippen LogP contribution in [0, 0.1) is 0 Å². The maximum Gasteiger partial charge on any atom is 0.310 e. The van der Waals surface area contributed by atoms with Crippen LogP contribution in [-0.2, 0) is 22.6 Å². The molecule has 0 spiro atoms. The summed E-state index contributed by atoms with van der Waals surface area (Å²) >= 11 is 11.9. The Kier molecular flexibility index (Phi) is 4.88. The van der Waals surface area contributed by atoms with E-state index < -0.39 is 0 Å². The molecule has 3 nitrogen and oxygen atoms in total. The molecular weight excluding hydrogens is 297 g/mol. The minimum Gasteiger partial charge on any atom is -0.460 e. The molecule has 0 heterocycles. The van der Waals surface area contributed by atoms with Gasteiger partial charge in [0, 0.05) is 11.3 Å². The first kappa shape index (κ1) is 14.7. The maximum absolute atomic E-state index is 11.7. The number of nitrogen functional groups attached to an aromatic ring is 1. The zero-order valence-corrected chi connectivity index (χ0v) is 12.1. The fourth-order valence-corrected chi connectivity index (χ4v) is 2.05. The molecule has 0 amide bonds. The molecule has 0 atom stereocenters. The van der Waals surface area contributed by atoms with Gasteiger partial charge in [0.1, 0.15) is 6.61 Å². The number of carbonyl (C=O) groups excluding carboxylic acids is 1. The number of esters is 1. The van der Waals surface area contributed by atoms with Gasteiger partial charge < -0.3 is 10.5 Å². The van der Waals surface area contributed by atoms with Crippen LogP contribution in [0.4, 0.5) is 5.69 Å². The molecular formula is C15H13Cl2NO2. The summed E-state index contributed by atoms with van der Waals surface area (Å²) in [5.41, 5.74) is 7.77. The second kappa shape index (κ2) is 6.64. The zero-order valence-electron chi connectivity index (χ0n) is 10.6. The fraction of sp³-hybridized carbons (Fsp3) is 0.133. The minimum atomic E-state index is -0.328. The first-order chi connectivity index (χ1) is 9.56. The Balaban J connectivity index is 1.92. The first-order valence-electron chi connectivity index (χ1n) is 5.99. The Labute approximate surface area is 127 Å². The maximum atomic E-state index is 11.7. The van der Waals surface area contributed by atoms with Crippen molar-refractivity contribution in [3.63, 3.8) is 0 Å². The van der Waals surface area contributed by atoms with E-state index in [1.54, 1.807) is 42.5 Å². The van der Waals surface area contributed by atoms with Crippen LogP contribution in [0.3, 0.4) is 0 Å². The second-order valence-electron chi connectivity index (χ2n) is 4.29. The molecule has 5 heteroatoms. The van der Waals surface area contributed by atoms with Gasteiger partial charge in [-0.3, -0.25) is 4.79 Å². The van der Waals surface area contributed by atoms with Gasteiger partial charge in [0.15, 0.2) is 0 Å². The quantitative estimate of drug-likeness (QED) is 0.689. The van der Waals surface area contributed by atoms with Crippen molar-refractivity contribution in [3.05, 3.63) is 63.6 Å². The van der Waals surface area contributed by atoms with E-state index in [2.05, 4.69) is 0 Å². The molecule has 104 valence electrons. The topological polar surface area (TPSA) is 52.3 Å². The van der Waals surface area contributed by atoms with Gasteiger partial charge in [0.25, 0.3) is 0 Å². The molecule has 0 aliphatic heterocycles. The van der Waals surface area contributed by atoms with E-state index in [4.69, 9.17) is 33.7 Å². The van der Waals surface area contributed by atoms with E-state index in [0.29, 0.717) is 21.3 Å². The third-order valence-electron chi connectivity index (χ3n) is 2.75. The van der Waals surface area contributed by atoms with Gasteiger partial charge in [-0.1, -0.05) is 47.5 Å². The molecule has 20 heavy (non-hydrogen) atoms. The lowest BCUT2D eigenvalue weighted by molar-refractivity contribution is -0.144. The number of ether oxygens (including phenoxy) is 1. The van der Waals surface area contributed by atoms with Gasteiger partial charge in [0.05, 0.1) is 16.5 Å². The highest BCUT2D eigenvalue weighted by Crippen LogP contribution is 2.26. The van der Waals surface area contributed by atoms with Gasteiger partial charge >= 0.3 is 5.97 Å². The fourth-order valence-electron chi connectivity index (χ4n) is 1.67. The summed E-state index contributed by atoms with van der Waals surface area (Å²) < 4.78 is 5.18. The van der Waals surface area contributed by atoms with Crippen LogP contribution in [0.5, 0.6) is 0 Å². The Bertz CT molecular complexity index is 612. The Morgan fingerprint density at radius 3 is 2.50 bits per heavy atom. The van der Waals surface area contributed by atoms with Crippen molar-refractivity contribution in [2.24, 2.45) is 0 Å². The number of nitrogens with two attached hydrogens (primary N) is 1. The van der Waals surface area contributed by atoms with E-state index in [9.17, 15) is 4.79 Å². The highest BCUT2D eigenvalue weighted by molar-refractivity contribution is 6.42. The predicted molar refractivity (Wildman–Crippen MR) is 80.8 cm³/mol. The van der Waals surface area contributed by atoms with Crippen LogP contribution in [0.1, 0.15) is 11.1 Å². The Morgan fingerprint density at radius 2 is 1.80 bits per heavy atom.